The predicted molar refractivity (Wildman–Crippen MR) is 111 cm³/mol. The highest BCUT2D eigenvalue weighted by Gasteiger charge is 2.47. The molecule has 1 aromatic carbocycles. The summed E-state index contributed by atoms with van der Waals surface area (Å²) in [5, 5.41) is 0. The number of rotatable bonds is 4. The summed E-state index contributed by atoms with van der Waals surface area (Å²) in [6.45, 7) is 5.69. The Balaban J connectivity index is 1.71. The van der Waals surface area contributed by atoms with Crippen LogP contribution in [0, 0.1) is 6.92 Å². The lowest BCUT2D eigenvalue weighted by atomic mass is 9.73. The fourth-order valence-corrected chi connectivity index (χ4v) is 4.88. The van der Waals surface area contributed by atoms with Gasteiger partial charge >= 0.3 is 0 Å². The highest BCUT2D eigenvalue weighted by Crippen LogP contribution is 2.41. The van der Waals surface area contributed by atoms with Gasteiger partial charge in [0.05, 0.1) is 11.5 Å². The van der Waals surface area contributed by atoms with Gasteiger partial charge in [-0.05, 0) is 44.6 Å². The average Bonchev–Trinajstić information content (AvgIpc) is 3.24. The molecule has 2 aliphatic heterocycles. The first kappa shape index (κ1) is 19.8. The first-order chi connectivity index (χ1) is 14.1. The van der Waals surface area contributed by atoms with Gasteiger partial charge in [0.25, 0.3) is 5.56 Å². The number of nitrogens with zero attached hydrogens (tertiary/aromatic N) is 2. The number of carbonyl (C=O) groups excluding carboxylic acids is 1. The number of hydrogen-bond acceptors (Lipinski definition) is 4. The number of likely N-dealkylation sites (tertiary alicyclic amines) is 1. The van der Waals surface area contributed by atoms with E-state index in [1.807, 2.05) is 36.9 Å². The molecule has 0 bridgehead atoms. The number of aromatic nitrogens is 2. The van der Waals surface area contributed by atoms with Crippen molar-refractivity contribution in [2.75, 3.05) is 19.8 Å². The summed E-state index contributed by atoms with van der Waals surface area (Å²) in [5.74, 6) is 0.750. The molecular formula is C23H29N3O3. The van der Waals surface area contributed by atoms with Crippen molar-refractivity contribution in [2.45, 2.75) is 57.4 Å². The number of aromatic amines is 1. The summed E-state index contributed by atoms with van der Waals surface area (Å²) in [7, 11) is 0. The Hall–Kier alpha value is -2.47. The zero-order valence-electron chi connectivity index (χ0n) is 17.2. The molecule has 6 heteroatoms. The molecule has 0 radical (unpaired) electrons. The molecule has 0 unspecified atom stereocenters. The van der Waals surface area contributed by atoms with Crippen molar-refractivity contribution in [2.24, 2.45) is 0 Å². The number of benzene rings is 1. The number of ether oxygens (including phenoxy) is 1. The van der Waals surface area contributed by atoms with Gasteiger partial charge in [0.2, 0.25) is 5.91 Å². The van der Waals surface area contributed by atoms with Crippen molar-refractivity contribution in [3.63, 3.8) is 0 Å². The van der Waals surface area contributed by atoms with Crippen LogP contribution in [0.4, 0.5) is 0 Å². The van der Waals surface area contributed by atoms with Gasteiger partial charge in [-0.15, -0.1) is 0 Å². The highest BCUT2D eigenvalue weighted by atomic mass is 16.5. The zero-order valence-corrected chi connectivity index (χ0v) is 17.2. The van der Waals surface area contributed by atoms with Gasteiger partial charge in [0.15, 0.2) is 0 Å². The van der Waals surface area contributed by atoms with Crippen LogP contribution >= 0.6 is 0 Å². The van der Waals surface area contributed by atoms with Crippen molar-refractivity contribution in [1.29, 1.82) is 0 Å². The quantitative estimate of drug-likeness (QED) is 0.863. The summed E-state index contributed by atoms with van der Waals surface area (Å²) in [6, 6.07) is 9.89. The monoisotopic (exact) mass is 395 g/mol. The van der Waals surface area contributed by atoms with E-state index in [0.29, 0.717) is 44.8 Å². The van der Waals surface area contributed by atoms with Crippen LogP contribution in [-0.4, -0.2) is 40.5 Å². The Morgan fingerprint density at radius 2 is 2.00 bits per heavy atom. The third-order valence-electron chi connectivity index (χ3n) is 6.51. The van der Waals surface area contributed by atoms with Crippen molar-refractivity contribution in [3.05, 3.63) is 63.3 Å². The summed E-state index contributed by atoms with van der Waals surface area (Å²) in [5.41, 5.74) is 1.88. The van der Waals surface area contributed by atoms with Gasteiger partial charge in [-0.2, -0.15) is 0 Å². The summed E-state index contributed by atoms with van der Waals surface area (Å²) >= 11 is 0. The molecule has 0 spiro atoms. The Labute approximate surface area is 171 Å². The summed E-state index contributed by atoms with van der Waals surface area (Å²) < 4.78 is 5.60. The highest BCUT2D eigenvalue weighted by molar-refractivity contribution is 5.89. The van der Waals surface area contributed by atoms with E-state index in [2.05, 4.69) is 22.1 Å². The van der Waals surface area contributed by atoms with Crippen LogP contribution in [0.1, 0.15) is 61.3 Å². The topological polar surface area (TPSA) is 75.3 Å². The second kappa shape index (κ2) is 8.11. The lowest BCUT2D eigenvalue weighted by Crippen LogP contribution is -2.50. The van der Waals surface area contributed by atoms with Crippen molar-refractivity contribution in [3.8, 4) is 0 Å². The number of carbonyl (C=O) groups is 1. The van der Waals surface area contributed by atoms with E-state index in [-0.39, 0.29) is 17.5 Å². The molecule has 0 saturated carbocycles. The third-order valence-corrected chi connectivity index (χ3v) is 6.51. The van der Waals surface area contributed by atoms with E-state index in [0.717, 1.165) is 29.7 Å². The van der Waals surface area contributed by atoms with E-state index in [1.165, 1.54) is 0 Å². The predicted octanol–water partition coefficient (Wildman–Crippen LogP) is 3.05. The molecule has 29 heavy (non-hydrogen) atoms. The summed E-state index contributed by atoms with van der Waals surface area (Å²) in [6.07, 6.45) is 3.74. The van der Waals surface area contributed by atoms with Gasteiger partial charge in [0.1, 0.15) is 5.82 Å². The lowest BCUT2D eigenvalue weighted by Gasteiger charge is -2.40. The molecule has 0 aliphatic carbocycles. The molecule has 2 fully saturated rings. The van der Waals surface area contributed by atoms with Crippen LogP contribution in [0.5, 0.6) is 0 Å². The first-order valence-electron chi connectivity index (χ1n) is 10.6. The van der Waals surface area contributed by atoms with Crippen molar-refractivity contribution in [1.82, 2.24) is 14.9 Å². The largest absolute Gasteiger partial charge is 0.381 e. The molecule has 3 heterocycles. The molecule has 1 aromatic heterocycles. The van der Waals surface area contributed by atoms with Crippen molar-refractivity contribution < 1.29 is 9.53 Å². The minimum atomic E-state index is -0.569. The number of amides is 1. The minimum absolute atomic E-state index is 0.0851. The lowest BCUT2D eigenvalue weighted by molar-refractivity contribution is -0.142. The van der Waals surface area contributed by atoms with E-state index in [1.54, 1.807) is 0 Å². The second-order valence-electron chi connectivity index (χ2n) is 8.09. The molecule has 1 atom stereocenters. The molecule has 1 amide bonds. The maximum Gasteiger partial charge on any atom is 0.254 e. The van der Waals surface area contributed by atoms with Crippen LogP contribution < -0.4 is 5.56 Å². The number of nitrogens with one attached hydrogen (secondary N) is 1. The zero-order chi connectivity index (χ0) is 20.4. The van der Waals surface area contributed by atoms with E-state index in [4.69, 9.17) is 4.74 Å². The SMILES string of the molecule is CCc1c(C)nc([C@H]2CCCN2C(=O)C2(c3ccccc3)CCOCC2)[nH]c1=O. The Morgan fingerprint density at radius 1 is 1.28 bits per heavy atom. The molecule has 1 N–H and O–H groups in total. The van der Waals surface area contributed by atoms with Gasteiger partial charge in [0, 0.05) is 31.0 Å². The smallest absolute Gasteiger partial charge is 0.254 e. The Bertz CT molecular complexity index is 932. The fraction of sp³-hybridized carbons (Fsp3) is 0.522. The van der Waals surface area contributed by atoms with Crippen LogP contribution in [0.25, 0.3) is 0 Å². The van der Waals surface area contributed by atoms with Crippen molar-refractivity contribution >= 4 is 5.91 Å². The van der Waals surface area contributed by atoms with Crippen LogP contribution in [-0.2, 0) is 21.4 Å². The van der Waals surface area contributed by atoms with E-state index >= 15 is 0 Å². The van der Waals surface area contributed by atoms with Crippen LogP contribution in [0.3, 0.4) is 0 Å². The number of aryl methyl sites for hydroxylation is 1. The van der Waals surface area contributed by atoms with Crippen LogP contribution in [0.2, 0.25) is 0 Å². The van der Waals surface area contributed by atoms with Gasteiger partial charge in [-0.25, -0.2) is 4.98 Å². The number of hydrogen-bond donors (Lipinski definition) is 1. The standard InChI is InChI=1S/C23H29N3O3/c1-3-18-16(2)24-20(25-21(18)27)19-10-7-13-26(19)22(28)23(11-14-29-15-12-23)17-8-5-4-6-9-17/h4-6,8-9,19H,3,7,10-15H2,1-2H3,(H,24,25,27)/t19-/m1/s1. The van der Waals surface area contributed by atoms with Gasteiger partial charge < -0.3 is 14.6 Å². The second-order valence-corrected chi connectivity index (χ2v) is 8.09. The molecule has 2 aromatic rings. The maximum absolute atomic E-state index is 14.0. The average molecular weight is 396 g/mol. The molecule has 6 nitrogen and oxygen atoms in total. The molecule has 2 aliphatic rings. The fourth-order valence-electron chi connectivity index (χ4n) is 4.88. The molecule has 2 saturated heterocycles. The van der Waals surface area contributed by atoms with E-state index in [9.17, 15) is 9.59 Å². The van der Waals surface area contributed by atoms with Gasteiger partial charge in [-0.1, -0.05) is 37.3 Å². The molecule has 154 valence electrons. The Kier molecular flexibility index (Phi) is 5.54. The minimum Gasteiger partial charge on any atom is -0.381 e. The Morgan fingerprint density at radius 3 is 2.66 bits per heavy atom. The molecule has 4 rings (SSSR count). The molecular weight excluding hydrogens is 366 g/mol. The third kappa shape index (κ3) is 3.50. The number of H-pyrrole nitrogens is 1. The van der Waals surface area contributed by atoms with Gasteiger partial charge in [-0.3, -0.25) is 9.59 Å². The van der Waals surface area contributed by atoms with E-state index < -0.39 is 5.41 Å². The summed E-state index contributed by atoms with van der Waals surface area (Å²) in [4.78, 5) is 36.0. The normalized spacial score (nSPS) is 21.3. The first-order valence-corrected chi connectivity index (χ1v) is 10.6. The maximum atomic E-state index is 14.0. The van der Waals surface area contributed by atoms with Crippen LogP contribution in [0.15, 0.2) is 35.1 Å².